The average Bonchev–Trinajstić information content (AvgIpc) is 2.25. The standard InChI is InChI=1S/C10H14IN3O3/c1-6(15)9(12)5-13-7-2-3-10(14(16)17)8(11)4-7/h2-4,6,9,13,15H,5,12H2,1H3. The topological polar surface area (TPSA) is 101 Å². The maximum atomic E-state index is 10.6. The van der Waals surface area contributed by atoms with Crippen LogP contribution in [0.25, 0.3) is 0 Å². The van der Waals surface area contributed by atoms with Gasteiger partial charge in [-0.1, -0.05) is 0 Å². The second kappa shape index (κ2) is 6.12. The van der Waals surface area contributed by atoms with Crippen LogP contribution in [0.5, 0.6) is 0 Å². The van der Waals surface area contributed by atoms with Gasteiger partial charge in [0.25, 0.3) is 5.69 Å². The first kappa shape index (κ1) is 14.1. The van der Waals surface area contributed by atoms with Crippen LogP contribution in [-0.4, -0.2) is 28.7 Å². The quantitative estimate of drug-likeness (QED) is 0.422. The molecule has 1 rings (SSSR count). The van der Waals surface area contributed by atoms with Crippen LogP contribution >= 0.6 is 22.6 Å². The lowest BCUT2D eigenvalue weighted by Gasteiger charge is -2.16. The molecule has 2 atom stereocenters. The summed E-state index contributed by atoms with van der Waals surface area (Å²) in [7, 11) is 0. The lowest BCUT2D eigenvalue weighted by molar-refractivity contribution is -0.385. The van der Waals surface area contributed by atoms with E-state index in [1.54, 1.807) is 19.1 Å². The normalized spacial score (nSPS) is 14.1. The van der Waals surface area contributed by atoms with Gasteiger partial charge in [-0.3, -0.25) is 10.1 Å². The number of anilines is 1. The first-order chi connectivity index (χ1) is 7.91. The van der Waals surface area contributed by atoms with Gasteiger partial charge in [0.15, 0.2) is 0 Å². The van der Waals surface area contributed by atoms with Gasteiger partial charge >= 0.3 is 0 Å². The van der Waals surface area contributed by atoms with Gasteiger partial charge in [-0.2, -0.15) is 0 Å². The summed E-state index contributed by atoms with van der Waals surface area (Å²) >= 11 is 1.91. The van der Waals surface area contributed by atoms with Crippen LogP contribution < -0.4 is 11.1 Å². The molecular formula is C10H14IN3O3. The highest BCUT2D eigenvalue weighted by Gasteiger charge is 2.12. The lowest BCUT2D eigenvalue weighted by atomic mass is 10.2. The number of nitrogens with two attached hydrogens (primary N) is 1. The first-order valence-corrected chi connectivity index (χ1v) is 6.11. The summed E-state index contributed by atoms with van der Waals surface area (Å²) in [5, 5.41) is 22.9. The molecule has 7 heteroatoms. The number of aliphatic hydroxyl groups excluding tert-OH is 1. The number of benzene rings is 1. The van der Waals surface area contributed by atoms with E-state index in [0.717, 1.165) is 5.69 Å². The van der Waals surface area contributed by atoms with Crippen LogP contribution in [0, 0.1) is 13.7 Å². The Bertz CT molecular complexity index is 412. The summed E-state index contributed by atoms with van der Waals surface area (Å²) in [4.78, 5) is 10.2. The van der Waals surface area contributed by atoms with E-state index in [1.165, 1.54) is 6.07 Å². The van der Waals surface area contributed by atoms with Gasteiger partial charge in [0.05, 0.1) is 14.6 Å². The van der Waals surface area contributed by atoms with Crippen LogP contribution in [-0.2, 0) is 0 Å². The largest absolute Gasteiger partial charge is 0.392 e. The Morgan fingerprint density at radius 3 is 2.76 bits per heavy atom. The number of aliphatic hydroxyl groups is 1. The van der Waals surface area contributed by atoms with E-state index in [9.17, 15) is 15.2 Å². The molecule has 0 aliphatic carbocycles. The van der Waals surface area contributed by atoms with Crippen molar-refractivity contribution < 1.29 is 10.0 Å². The third kappa shape index (κ3) is 4.10. The van der Waals surface area contributed by atoms with Gasteiger partial charge in [-0.15, -0.1) is 0 Å². The predicted molar refractivity (Wildman–Crippen MR) is 74.0 cm³/mol. The zero-order chi connectivity index (χ0) is 13.0. The molecule has 0 aliphatic rings. The number of hydrogen-bond acceptors (Lipinski definition) is 5. The molecule has 0 heterocycles. The highest BCUT2D eigenvalue weighted by Crippen LogP contribution is 2.23. The molecule has 0 fully saturated rings. The first-order valence-electron chi connectivity index (χ1n) is 5.03. The van der Waals surface area contributed by atoms with Crippen molar-refractivity contribution in [3.8, 4) is 0 Å². The Balaban J connectivity index is 2.68. The van der Waals surface area contributed by atoms with Crippen molar-refractivity contribution in [1.29, 1.82) is 0 Å². The zero-order valence-corrected chi connectivity index (χ0v) is 11.4. The number of rotatable bonds is 5. The molecule has 94 valence electrons. The summed E-state index contributed by atoms with van der Waals surface area (Å²) in [5.41, 5.74) is 6.48. The molecule has 1 aromatic rings. The Hall–Kier alpha value is -0.930. The van der Waals surface area contributed by atoms with Crippen LogP contribution in [0.4, 0.5) is 11.4 Å². The summed E-state index contributed by atoms with van der Waals surface area (Å²) in [6.07, 6.45) is -0.598. The van der Waals surface area contributed by atoms with E-state index in [4.69, 9.17) is 5.73 Å². The average molecular weight is 351 g/mol. The molecular weight excluding hydrogens is 337 g/mol. The third-order valence-corrected chi connectivity index (χ3v) is 3.17. The van der Waals surface area contributed by atoms with Gasteiger partial charge in [-0.25, -0.2) is 0 Å². The Morgan fingerprint density at radius 2 is 2.29 bits per heavy atom. The lowest BCUT2D eigenvalue weighted by Crippen LogP contribution is -2.38. The fraction of sp³-hybridized carbons (Fsp3) is 0.400. The molecule has 6 nitrogen and oxygen atoms in total. The summed E-state index contributed by atoms with van der Waals surface area (Å²) in [6.45, 7) is 2.03. The van der Waals surface area contributed by atoms with E-state index >= 15 is 0 Å². The van der Waals surface area contributed by atoms with Crippen LogP contribution in [0.3, 0.4) is 0 Å². The molecule has 0 aromatic heterocycles. The molecule has 0 radical (unpaired) electrons. The van der Waals surface area contributed by atoms with Gasteiger partial charge in [0.2, 0.25) is 0 Å². The van der Waals surface area contributed by atoms with Crippen LogP contribution in [0.2, 0.25) is 0 Å². The van der Waals surface area contributed by atoms with Gasteiger partial charge in [0, 0.05) is 24.3 Å². The number of nitro groups is 1. The van der Waals surface area contributed by atoms with Gasteiger partial charge in [-0.05, 0) is 41.6 Å². The van der Waals surface area contributed by atoms with Crippen molar-refractivity contribution in [2.75, 3.05) is 11.9 Å². The second-order valence-corrected chi connectivity index (χ2v) is 4.87. The summed E-state index contributed by atoms with van der Waals surface area (Å²) in [5.74, 6) is 0. The zero-order valence-electron chi connectivity index (χ0n) is 9.26. The fourth-order valence-corrected chi connectivity index (χ4v) is 1.88. The minimum atomic E-state index is -0.598. The Kier molecular flexibility index (Phi) is 5.09. The molecule has 1 aromatic carbocycles. The van der Waals surface area contributed by atoms with E-state index < -0.39 is 11.0 Å². The maximum absolute atomic E-state index is 10.6. The molecule has 2 unspecified atom stereocenters. The van der Waals surface area contributed by atoms with Crippen LogP contribution in [0.15, 0.2) is 18.2 Å². The molecule has 0 aliphatic heterocycles. The summed E-state index contributed by atoms with van der Waals surface area (Å²) in [6, 6.07) is 4.36. The highest BCUT2D eigenvalue weighted by molar-refractivity contribution is 14.1. The molecule has 0 saturated carbocycles. The van der Waals surface area contributed by atoms with Gasteiger partial charge in [0.1, 0.15) is 0 Å². The molecule has 4 N–H and O–H groups in total. The maximum Gasteiger partial charge on any atom is 0.282 e. The van der Waals surface area contributed by atoms with Crippen LogP contribution in [0.1, 0.15) is 6.92 Å². The van der Waals surface area contributed by atoms with E-state index in [-0.39, 0.29) is 11.7 Å². The molecule has 0 saturated heterocycles. The van der Waals surface area contributed by atoms with Crippen molar-refractivity contribution in [2.45, 2.75) is 19.1 Å². The second-order valence-electron chi connectivity index (χ2n) is 3.71. The number of nitro benzene ring substituents is 1. The molecule has 0 bridgehead atoms. The monoisotopic (exact) mass is 351 g/mol. The van der Waals surface area contributed by atoms with Crippen molar-refractivity contribution in [2.24, 2.45) is 5.73 Å². The van der Waals surface area contributed by atoms with Crippen molar-refractivity contribution in [3.05, 3.63) is 31.9 Å². The minimum absolute atomic E-state index is 0.0796. The van der Waals surface area contributed by atoms with E-state index in [0.29, 0.717) is 10.1 Å². The van der Waals surface area contributed by atoms with Crippen molar-refractivity contribution in [3.63, 3.8) is 0 Å². The number of nitrogens with one attached hydrogen (secondary N) is 1. The molecule has 0 spiro atoms. The number of halogens is 1. The van der Waals surface area contributed by atoms with E-state index in [2.05, 4.69) is 5.32 Å². The third-order valence-electron chi connectivity index (χ3n) is 2.31. The number of hydrogen-bond donors (Lipinski definition) is 3. The Labute approximate surface area is 112 Å². The van der Waals surface area contributed by atoms with E-state index in [1.807, 2.05) is 22.6 Å². The summed E-state index contributed by atoms with van der Waals surface area (Å²) < 4.78 is 0.559. The smallest absolute Gasteiger partial charge is 0.282 e. The van der Waals surface area contributed by atoms with Crippen molar-refractivity contribution in [1.82, 2.24) is 0 Å². The molecule has 17 heavy (non-hydrogen) atoms. The van der Waals surface area contributed by atoms with Gasteiger partial charge < -0.3 is 16.2 Å². The predicted octanol–water partition coefficient (Wildman–Crippen LogP) is 1.32. The minimum Gasteiger partial charge on any atom is -0.392 e. The Morgan fingerprint density at radius 1 is 1.65 bits per heavy atom. The number of nitrogens with zero attached hydrogens (tertiary/aromatic N) is 1. The SMILES string of the molecule is CC(O)C(N)CNc1ccc([N+](=O)[O-])c(I)c1. The molecule has 0 amide bonds. The fourth-order valence-electron chi connectivity index (χ4n) is 1.17. The van der Waals surface area contributed by atoms with Crippen molar-refractivity contribution >= 4 is 34.0 Å². The highest BCUT2D eigenvalue weighted by atomic mass is 127.